The normalized spacial score (nSPS) is 21.6. The van der Waals surface area contributed by atoms with Gasteiger partial charge in [-0.25, -0.2) is 0 Å². The van der Waals surface area contributed by atoms with E-state index in [0.717, 1.165) is 12.0 Å². The van der Waals surface area contributed by atoms with Gasteiger partial charge < -0.3 is 0 Å². The van der Waals surface area contributed by atoms with Gasteiger partial charge in [0, 0.05) is 0 Å². The molecule has 0 amide bonds. The van der Waals surface area contributed by atoms with Crippen LogP contribution in [0.3, 0.4) is 0 Å². The van der Waals surface area contributed by atoms with Gasteiger partial charge in [0.1, 0.15) is 5.41 Å². The molecule has 0 spiro atoms. The molecule has 0 bridgehead atoms. The van der Waals surface area contributed by atoms with Gasteiger partial charge in [0.15, 0.2) is 0 Å². The van der Waals surface area contributed by atoms with Crippen molar-refractivity contribution in [1.82, 2.24) is 0 Å². The van der Waals surface area contributed by atoms with Gasteiger partial charge in [-0.3, -0.25) is 0 Å². The molecule has 0 saturated heterocycles. The van der Waals surface area contributed by atoms with Crippen LogP contribution in [-0.2, 0) is 0 Å². The van der Waals surface area contributed by atoms with Gasteiger partial charge in [-0.05, 0) is 19.3 Å². The van der Waals surface area contributed by atoms with Crippen LogP contribution in [0.25, 0.3) is 0 Å². The fourth-order valence-corrected chi connectivity index (χ4v) is 1.21. The van der Waals surface area contributed by atoms with E-state index in [0.29, 0.717) is 12.8 Å². The Morgan fingerprint density at radius 2 is 2.00 bits per heavy atom. The fourth-order valence-electron chi connectivity index (χ4n) is 1.21. The molecule has 0 aromatic carbocycles. The fraction of sp³-hybridized carbons (Fsp3) is 0.500. The monoisotopic (exact) mass is 132 g/mol. The van der Waals surface area contributed by atoms with E-state index in [4.69, 9.17) is 10.5 Å². The first-order chi connectivity index (χ1) is 4.72. The lowest BCUT2D eigenvalue weighted by molar-refractivity contribution is 0.554. The first kappa shape index (κ1) is 6.83. The van der Waals surface area contributed by atoms with E-state index in [1.807, 2.05) is 12.1 Å². The number of allylic oxidation sites excluding steroid dienone is 1. The highest BCUT2D eigenvalue weighted by atomic mass is 14.4. The van der Waals surface area contributed by atoms with Crippen LogP contribution in [0.1, 0.15) is 19.3 Å². The second-order valence-electron chi connectivity index (χ2n) is 2.73. The van der Waals surface area contributed by atoms with Crippen LogP contribution in [0.2, 0.25) is 0 Å². The van der Waals surface area contributed by atoms with Crippen LogP contribution in [-0.4, -0.2) is 0 Å². The summed E-state index contributed by atoms with van der Waals surface area (Å²) in [4.78, 5) is 0. The predicted molar refractivity (Wildman–Crippen MR) is 36.7 cm³/mol. The maximum Gasteiger partial charge on any atom is 0.147 e. The van der Waals surface area contributed by atoms with Crippen LogP contribution in [0, 0.1) is 28.1 Å². The average Bonchev–Trinajstić information content (AvgIpc) is 2.33. The third-order valence-electron chi connectivity index (χ3n) is 1.89. The van der Waals surface area contributed by atoms with E-state index in [2.05, 4.69) is 6.58 Å². The topological polar surface area (TPSA) is 47.6 Å². The van der Waals surface area contributed by atoms with Crippen molar-refractivity contribution in [2.24, 2.45) is 5.41 Å². The standard InChI is InChI=1S/C8H8N2/c1-7-2-3-8(4-7,5-9)6-10/h1-4H2. The minimum Gasteiger partial charge on any atom is -0.197 e. The number of nitrogens with zero attached hydrogens (tertiary/aromatic N) is 2. The van der Waals surface area contributed by atoms with E-state index in [1.54, 1.807) is 0 Å². The van der Waals surface area contributed by atoms with Crippen LogP contribution in [0.15, 0.2) is 12.2 Å². The molecule has 0 radical (unpaired) electrons. The van der Waals surface area contributed by atoms with E-state index >= 15 is 0 Å². The first-order valence-electron chi connectivity index (χ1n) is 3.21. The zero-order chi connectivity index (χ0) is 7.61. The summed E-state index contributed by atoms with van der Waals surface area (Å²) in [5.74, 6) is 0. The third-order valence-corrected chi connectivity index (χ3v) is 1.89. The Labute approximate surface area is 60.4 Å². The number of hydrogen-bond donors (Lipinski definition) is 0. The smallest absolute Gasteiger partial charge is 0.147 e. The quantitative estimate of drug-likeness (QED) is 0.471. The summed E-state index contributed by atoms with van der Waals surface area (Å²) in [6, 6.07) is 4.07. The van der Waals surface area contributed by atoms with Gasteiger partial charge in [0.05, 0.1) is 12.1 Å². The minimum atomic E-state index is -0.739. The highest BCUT2D eigenvalue weighted by Crippen LogP contribution is 2.39. The van der Waals surface area contributed by atoms with Crippen LogP contribution in [0.5, 0.6) is 0 Å². The predicted octanol–water partition coefficient (Wildman–Crippen LogP) is 1.76. The van der Waals surface area contributed by atoms with E-state index in [-0.39, 0.29) is 0 Å². The van der Waals surface area contributed by atoms with Crippen molar-refractivity contribution >= 4 is 0 Å². The molecule has 0 aromatic heterocycles. The van der Waals surface area contributed by atoms with Gasteiger partial charge in [-0.2, -0.15) is 10.5 Å². The summed E-state index contributed by atoms with van der Waals surface area (Å²) in [6.07, 6.45) is 2.07. The van der Waals surface area contributed by atoms with Crippen molar-refractivity contribution in [2.45, 2.75) is 19.3 Å². The van der Waals surface area contributed by atoms with E-state index in [9.17, 15) is 0 Å². The summed E-state index contributed by atoms with van der Waals surface area (Å²) < 4.78 is 0. The van der Waals surface area contributed by atoms with Gasteiger partial charge >= 0.3 is 0 Å². The second kappa shape index (κ2) is 2.15. The molecule has 1 saturated carbocycles. The average molecular weight is 132 g/mol. The SMILES string of the molecule is C=C1CCC(C#N)(C#N)C1. The Balaban J connectivity index is 2.84. The Hall–Kier alpha value is -1.28. The van der Waals surface area contributed by atoms with Crippen LogP contribution >= 0.6 is 0 Å². The van der Waals surface area contributed by atoms with Crippen molar-refractivity contribution in [1.29, 1.82) is 10.5 Å². The van der Waals surface area contributed by atoms with Crippen molar-refractivity contribution in [3.63, 3.8) is 0 Å². The van der Waals surface area contributed by atoms with Gasteiger partial charge in [-0.15, -0.1) is 0 Å². The van der Waals surface area contributed by atoms with Gasteiger partial charge in [0.25, 0.3) is 0 Å². The maximum absolute atomic E-state index is 8.62. The van der Waals surface area contributed by atoms with Crippen LogP contribution in [0.4, 0.5) is 0 Å². The minimum absolute atomic E-state index is 0.569. The molecule has 0 aliphatic heterocycles. The Bertz CT molecular complexity index is 225. The number of hydrogen-bond acceptors (Lipinski definition) is 2. The molecule has 1 rings (SSSR count). The molecule has 10 heavy (non-hydrogen) atoms. The lowest BCUT2D eigenvalue weighted by Gasteiger charge is -2.05. The van der Waals surface area contributed by atoms with E-state index < -0.39 is 5.41 Å². The molecule has 50 valence electrons. The van der Waals surface area contributed by atoms with Crippen molar-refractivity contribution in [3.8, 4) is 12.1 Å². The molecule has 1 fully saturated rings. The summed E-state index contributed by atoms with van der Waals surface area (Å²) in [6.45, 7) is 3.74. The molecular formula is C8H8N2. The molecule has 2 heteroatoms. The summed E-state index contributed by atoms with van der Waals surface area (Å²) in [7, 11) is 0. The first-order valence-corrected chi connectivity index (χ1v) is 3.21. The Morgan fingerprint density at radius 1 is 1.40 bits per heavy atom. The third kappa shape index (κ3) is 0.890. The van der Waals surface area contributed by atoms with E-state index in [1.165, 1.54) is 0 Å². The van der Waals surface area contributed by atoms with Crippen molar-refractivity contribution in [2.75, 3.05) is 0 Å². The number of rotatable bonds is 0. The zero-order valence-corrected chi connectivity index (χ0v) is 5.72. The lowest BCUT2D eigenvalue weighted by Crippen LogP contribution is -2.08. The molecule has 0 N–H and O–H groups in total. The summed E-state index contributed by atoms with van der Waals surface area (Å²) in [5.41, 5.74) is 0.292. The van der Waals surface area contributed by atoms with Crippen LogP contribution < -0.4 is 0 Å². The molecule has 1 aliphatic carbocycles. The summed E-state index contributed by atoms with van der Waals surface area (Å²) >= 11 is 0. The number of nitriles is 2. The molecule has 0 unspecified atom stereocenters. The molecule has 2 nitrogen and oxygen atoms in total. The van der Waals surface area contributed by atoms with Gasteiger partial charge in [-0.1, -0.05) is 12.2 Å². The molecular weight excluding hydrogens is 124 g/mol. The van der Waals surface area contributed by atoms with Crippen molar-refractivity contribution < 1.29 is 0 Å². The van der Waals surface area contributed by atoms with Gasteiger partial charge in [0.2, 0.25) is 0 Å². The maximum atomic E-state index is 8.62. The zero-order valence-electron chi connectivity index (χ0n) is 5.72. The molecule has 0 atom stereocenters. The highest BCUT2D eigenvalue weighted by Gasteiger charge is 2.35. The Morgan fingerprint density at radius 3 is 2.20 bits per heavy atom. The molecule has 1 aliphatic rings. The Kier molecular flexibility index (Phi) is 1.47. The highest BCUT2D eigenvalue weighted by molar-refractivity contribution is 5.24. The summed E-state index contributed by atoms with van der Waals surface area (Å²) in [5, 5.41) is 17.2. The lowest BCUT2D eigenvalue weighted by atomic mass is 9.90. The second-order valence-corrected chi connectivity index (χ2v) is 2.73. The molecule has 0 heterocycles. The van der Waals surface area contributed by atoms with Crippen molar-refractivity contribution in [3.05, 3.63) is 12.2 Å². The largest absolute Gasteiger partial charge is 0.197 e. The molecule has 0 aromatic rings.